The molecule has 0 unspecified atom stereocenters. The lowest BCUT2D eigenvalue weighted by Crippen LogP contribution is -2.26. The number of amides is 1. The summed E-state index contributed by atoms with van der Waals surface area (Å²) in [5, 5.41) is 11.3. The van der Waals surface area contributed by atoms with Gasteiger partial charge in [0, 0.05) is 18.2 Å². The molecule has 30 heavy (non-hydrogen) atoms. The van der Waals surface area contributed by atoms with E-state index in [9.17, 15) is 9.59 Å². The summed E-state index contributed by atoms with van der Waals surface area (Å²) in [5.74, 6) is 1.02. The molecule has 0 saturated carbocycles. The number of ether oxygens (including phenoxy) is 2. The monoisotopic (exact) mass is 410 g/mol. The van der Waals surface area contributed by atoms with Crippen LogP contribution in [-0.2, 0) is 11.3 Å². The fraction of sp³-hybridized carbons (Fsp3) is 0.364. The third kappa shape index (κ3) is 5.34. The first kappa shape index (κ1) is 21.3. The van der Waals surface area contributed by atoms with E-state index in [2.05, 4.69) is 15.6 Å². The lowest BCUT2D eigenvalue weighted by molar-refractivity contribution is -0.116. The van der Waals surface area contributed by atoms with Crippen LogP contribution in [0.2, 0.25) is 0 Å². The number of benzene rings is 2. The second-order valence-electron chi connectivity index (χ2n) is 6.79. The Morgan fingerprint density at radius 2 is 1.77 bits per heavy atom. The minimum atomic E-state index is -0.263. The van der Waals surface area contributed by atoms with Gasteiger partial charge >= 0.3 is 0 Å². The number of aryl methyl sites for hydroxylation is 1. The number of nitrogens with zero attached hydrogens (tertiary/aromatic N) is 3. The molecule has 158 valence electrons. The molecule has 2 aromatic carbocycles. The maximum absolute atomic E-state index is 12.5. The van der Waals surface area contributed by atoms with Gasteiger partial charge in [-0.15, -0.1) is 5.10 Å². The molecule has 8 heteroatoms. The van der Waals surface area contributed by atoms with Gasteiger partial charge in [-0.3, -0.25) is 9.59 Å². The summed E-state index contributed by atoms with van der Waals surface area (Å²) >= 11 is 0. The molecular weight excluding hydrogens is 384 g/mol. The molecule has 0 radical (unpaired) electrons. The van der Waals surface area contributed by atoms with Crippen molar-refractivity contribution in [2.24, 2.45) is 0 Å². The molecule has 0 fully saturated rings. The molecule has 0 aliphatic heterocycles. The first-order valence-electron chi connectivity index (χ1n) is 10.1. The number of hydrogen-bond donors (Lipinski definition) is 1. The van der Waals surface area contributed by atoms with Crippen molar-refractivity contribution in [2.45, 2.75) is 39.7 Å². The Hall–Kier alpha value is -3.42. The Bertz CT molecular complexity index is 1060. The Morgan fingerprint density at radius 3 is 2.53 bits per heavy atom. The molecule has 3 aromatic rings. The van der Waals surface area contributed by atoms with Gasteiger partial charge in [0.05, 0.1) is 25.1 Å². The van der Waals surface area contributed by atoms with Crippen LogP contribution in [0.5, 0.6) is 11.5 Å². The number of carbonyl (C=O) groups excluding carboxylic acids is 1. The largest absolute Gasteiger partial charge is 0.490 e. The quantitative estimate of drug-likeness (QED) is 0.550. The molecule has 1 heterocycles. The van der Waals surface area contributed by atoms with E-state index >= 15 is 0 Å². The summed E-state index contributed by atoms with van der Waals surface area (Å²) in [6, 6.07) is 12.3. The zero-order valence-corrected chi connectivity index (χ0v) is 17.3. The zero-order chi connectivity index (χ0) is 21.3. The van der Waals surface area contributed by atoms with Crippen LogP contribution in [-0.4, -0.2) is 34.1 Å². The number of hydrogen-bond acceptors (Lipinski definition) is 6. The van der Waals surface area contributed by atoms with Crippen molar-refractivity contribution in [2.75, 3.05) is 18.5 Å². The van der Waals surface area contributed by atoms with Crippen molar-refractivity contribution >= 4 is 22.5 Å². The van der Waals surface area contributed by atoms with Crippen LogP contribution in [0.25, 0.3) is 10.9 Å². The molecule has 8 nitrogen and oxygen atoms in total. The van der Waals surface area contributed by atoms with E-state index in [1.807, 2.05) is 13.8 Å². The van der Waals surface area contributed by atoms with E-state index in [-0.39, 0.29) is 24.4 Å². The van der Waals surface area contributed by atoms with Gasteiger partial charge in [0.15, 0.2) is 11.5 Å². The van der Waals surface area contributed by atoms with Gasteiger partial charge in [-0.25, -0.2) is 4.68 Å². The number of aromatic nitrogens is 3. The van der Waals surface area contributed by atoms with Gasteiger partial charge in [0.1, 0.15) is 5.52 Å². The maximum atomic E-state index is 12.5. The second kappa shape index (κ2) is 10.4. The lowest BCUT2D eigenvalue weighted by Gasteiger charge is -2.14. The van der Waals surface area contributed by atoms with E-state index in [0.717, 1.165) is 12.8 Å². The van der Waals surface area contributed by atoms with Crippen molar-refractivity contribution in [1.29, 1.82) is 0 Å². The summed E-state index contributed by atoms with van der Waals surface area (Å²) in [5.41, 5.74) is 0.876. The number of anilines is 1. The van der Waals surface area contributed by atoms with Crippen LogP contribution in [0.3, 0.4) is 0 Å². The summed E-state index contributed by atoms with van der Waals surface area (Å²) in [6.45, 7) is 5.35. The van der Waals surface area contributed by atoms with Crippen LogP contribution in [0.15, 0.2) is 47.3 Å². The molecule has 1 aromatic heterocycles. The highest BCUT2D eigenvalue weighted by molar-refractivity contribution is 5.91. The molecule has 0 atom stereocenters. The molecule has 0 spiro atoms. The first-order valence-corrected chi connectivity index (χ1v) is 10.1. The number of carbonyl (C=O) groups is 1. The van der Waals surface area contributed by atoms with Crippen molar-refractivity contribution in [3.05, 3.63) is 52.8 Å². The average Bonchev–Trinajstić information content (AvgIpc) is 2.76. The van der Waals surface area contributed by atoms with Crippen molar-refractivity contribution in [3.63, 3.8) is 0 Å². The SMILES string of the molecule is CCCOc1ccc(NC(=O)CCn2nnc3ccccc3c2=O)cc1OCCC. The predicted molar refractivity (Wildman–Crippen MR) is 115 cm³/mol. The highest BCUT2D eigenvalue weighted by atomic mass is 16.5. The molecule has 1 N–H and O–H groups in total. The molecule has 1 amide bonds. The Labute approximate surface area is 174 Å². The summed E-state index contributed by atoms with van der Waals surface area (Å²) < 4.78 is 12.7. The van der Waals surface area contributed by atoms with E-state index < -0.39 is 0 Å². The molecule has 0 aliphatic rings. The smallest absolute Gasteiger partial charge is 0.277 e. The van der Waals surface area contributed by atoms with Gasteiger partial charge in [0.2, 0.25) is 5.91 Å². The maximum Gasteiger partial charge on any atom is 0.277 e. The van der Waals surface area contributed by atoms with Gasteiger partial charge in [-0.05, 0) is 37.1 Å². The molecule has 0 aliphatic carbocycles. The topological polar surface area (TPSA) is 95.3 Å². The Balaban J connectivity index is 1.65. The minimum Gasteiger partial charge on any atom is -0.490 e. The van der Waals surface area contributed by atoms with E-state index in [0.29, 0.717) is 41.3 Å². The van der Waals surface area contributed by atoms with Crippen molar-refractivity contribution in [3.8, 4) is 11.5 Å². The van der Waals surface area contributed by atoms with Crippen LogP contribution >= 0.6 is 0 Å². The normalized spacial score (nSPS) is 10.7. The van der Waals surface area contributed by atoms with Gasteiger partial charge in [-0.1, -0.05) is 31.2 Å². The van der Waals surface area contributed by atoms with E-state index in [1.54, 1.807) is 42.5 Å². The van der Waals surface area contributed by atoms with Crippen LogP contribution in [0.4, 0.5) is 5.69 Å². The highest BCUT2D eigenvalue weighted by Crippen LogP contribution is 2.31. The lowest BCUT2D eigenvalue weighted by atomic mass is 10.2. The molecule has 0 bridgehead atoms. The van der Waals surface area contributed by atoms with Crippen LogP contribution < -0.4 is 20.3 Å². The number of rotatable bonds is 10. The summed E-state index contributed by atoms with van der Waals surface area (Å²) in [4.78, 5) is 24.9. The Kier molecular flexibility index (Phi) is 7.37. The van der Waals surface area contributed by atoms with Crippen LogP contribution in [0, 0.1) is 0 Å². The van der Waals surface area contributed by atoms with E-state index in [4.69, 9.17) is 9.47 Å². The summed E-state index contributed by atoms with van der Waals surface area (Å²) in [7, 11) is 0. The molecule has 3 rings (SSSR count). The summed E-state index contributed by atoms with van der Waals surface area (Å²) in [6.07, 6.45) is 1.85. The fourth-order valence-electron chi connectivity index (χ4n) is 2.84. The second-order valence-corrected chi connectivity index (χ2v) is 6.79. The number of fused-ring (bicyclic) bond motifs is 1. The first-order chi connectivity index (χ1) is 14.6. The molecule has 0 saturated heterocycles. The number of nitrogens with one attached hydrogen (secondary N) is 1. The van der Waals surface area contributed by atoms with Crippen molar-refractivity contribution in [1.82, 2.24) is 15.0 Å². The van der Waals surface area contributed by atoms with Gasteiger partial charge in [-0.2, -0.15) is 0 Å². The zero-order valence-electron chi connectivity index (χ0n) is 17.3. The standard InChI is InChI=1S/C22H26N4O4/c1-3-13-29-19-10-9-16(15-20(19)30-14-4-2)23-21(27)11-12-26-22(28)17-7-5-6-8-18(17)24-25-26/h5-10,15H,3-4,11-14H2,1-2H3,(H,23,27). The van der Waals surface area contributed by atoms with Crippen molar-refractivity contribution < 1.29 is 14.3 Å². The average molecular weight is 410 g/mol. The predicted octanol–water partition coefficient (Wildman–Crippen LogP) is 3.40. The van der Waals surface area contributed by atoms with Gasteiger partial charge in [0.25, 0.3) is 5.56 Å². The fourth-order valence-corrected chi connectivity index (χ4v) is 2.84. The van der Waals surface area contributed by atoms with E-state index in [1.165, 1.54) is 4.68 Å². The Morgan fingerprint density at radius 1 is 1.03 bits per heavy atom. The minimum absolute atomic E-state index is 0.0894. The third-order valence-corrected chi connectivity index (χ3v) is 4.33. The van der Waals surface area contributed by atoms with Gasteiger partial charge < -0.3 is 14.8 Å². The highest BCUT2D eigenvalue weighted by Gasteiger charge is 2.11. The molecular formula is C22H26N4O4. The van der Waals surface area contributed by atoms with Crippen LogP contribution in [0.1, 0.15) is 33.1 Å². The third-order valence-electron chi connectivity index (χ3n) is 4.33.